The third kappa shape index (κ3) is 14.5. The van der Waals surface area contributed by atoms with E-state index in [1.807, 2.05) is 0 Å². The molecule has 78 valence electrons. The van der Waals surface area contributed by atoms with Crippen LogP contribution in [0.4, 0.5) is 0 Å². The average Bonchev–Trinajstić information content (AvgIpc) is 2.16. The highest BCUT2D eigenvalue weighted by molar-refractivity contribution is 7.59. The number of rotatable bonds is 9. The van der Waals surface area contributed by atoms with E-state index in [-0.39, 0.29) is 0 Å². The van der Waals surface area contributed by atoms with E-state index in [1.165, 1.54) is 0 Å². The number of nitrogens with one attached hydrogen (secondary N) is 5. The van der Waals surface area contributed by atoms with Gasteiger partial charge in [-0.3, -0.25) is 14.6 Å². The molecule has 0 bridgehead atoms. The molecule has 13 heavy (non-hydrogen) atoms. The molecule has 0 rings (SSSR count). The summed E-state index contributed by atoms with van der Waals surface area (Å²) in [7, 11) is 7.90. The Morgan fingerprint density at radius 3 is 2.38 bits per heavy atom. The predicted molar refractivity (Wildman–Crippen MR) is 77.7 cm³/mol. The summed E-state index contributed by atoms with van der Waals surface area (Å²) in [5, 5.41) is 0. The Bertz CT molecular complexity index is 116. The zero-order valence-corrected chi connectivity index (χ0v) is 13.8. The first kappa shape index (κ1) is 15.5. The van der Waals surface area contributed by atoms with Crippen molar-refractivity contribution in [2.45, 2.75) is 0 Å². The molecule has 0 aromatic carbocycles. The van der Waals surface area contributed by atoms with Crippen LogP contribution in [0.2, 0.25) is 0 Å². The monoisotopic (exact) mass is 314 g/mol. The summed E-state index contributed by atoms with van der Waals surface area (Å²) in [6.45, 7) is 0. The van der Waals surface area contributed by atoms with Gasteiger partial charge in [-0.2, -0.15) is 0 Å². The van der Waals surface area contributed by atoms with Crippen molar-refractivity contribution in [3.63, 3.8) is 0 Å². The van der Waals surface area contributed by atoms with E-state index in [0.29, 0.717) is 35.5 Å². The van der Waals surface area contributed by atoms with Crippen molar-refractivity contribution in [3.05, 3.63) is 0 Å². The SMILES string of the molecule is PNPNPN=PNPNPNP. The fourth-order valence-electron chi connectivity index (χ4n) is 0.259. The molecule has 13 heteroatoms. The lowest BCUT2D eigenvalue weighted by atomic mass is 13.8. The van der Waals surface area contributed by atoms with Crippen molar-refractivity contribution in [1.29, 1.82) is 0 Å². The molecule has 0 aromatic heterocycles. The van der Waals surface area contributed by atoms with Crippen LogP contribution in [-0.2, 0) is 0 Å². The highest BCUT2D eigenvalue weighted by Gasteiger charge is 1.81. The van der Waals surface area contributed by atoms with Crippen LogP contribution >= 0.6 is 62.8 Å². The summed E-state index contributed by atoms with van der Waals surface area (Å²) in [4.78, 5) is 15.2. The van der Waals surface area contributed by atoms with Gasteiger partial charge in [0.15, 0.2) is 0 Å². The molecule has 6 atom stereocenters. The van der Waals surface area contributed by atoms with E-state index >= 15 is 0 Å². The maximum atomic E-state index is 4.19. The summed E-state index contributed by atoms with van der Waals surface area (Å²) < 4.78 is 4.19. The molecule has 6 unspecified atom stereocenters. The fourth-order valence-corrected chi connectivity index (χ4v) is 5.04. The van der Waals surface area contributed by atoms with Gasteiger partial charge in [-0.05, 0) is 0 Å². The molecule has 0 radical (unpaired) electrons. The van der Waals surface area contributed by atoms with Crippen molar-refractivity contribution in [3.8, 4) is 0 Å². The van der Waals surface area contributed by atoms with Crippen LogP contribution in [-0.4, -0.2) is 0 Å². The lowest BCUT2D eigenvalue weighted by Gasteiger charge is -2.00. The van der Waals surface area contributed by atoms with Crippen molar-refractivity contribution in [2.24, 2.45) is 4.52 Å². The van der Waals surface area contributed by atoms with Gasteiger partial charge in [0.05, 0.1) is 8.88 Å². The maximum Gasteiger partial charge on any atom is 0.100 e. The van der Waals surface area contributed by atoms with E-state index in [9.17, 15) is 0 Å². The van der Waals surface area contributed by atoms with Crippen LogP contribution in [0.1, 0.15) is 0 Å². The summed E-state index contributed by atoms with van der Waals surface area (Å²) >= 11 is 0. The van der Waals surface area contributed by atoms with Crippen molar-refractivity contribution in [1.82, 2.24) is 24.3 Å². The standard InChI is InChI=1S/H13N6P7/c7-1-9-3-11-5-13-6-12-4-10-2-8/h1-4,9-12H,7-8H2,(H,5,6). The van der Waals surface area contributed by atoms with E-state index in [4.69, 9.17) is 0 Å². The van der Waals surface area contributed by atoms with E-state index < -0.39 is 0 Å². The zero-order chi connectivity index (χ0) is 9.78. The Hall–Kier alpha value is 2.48. The molecule has 0 heterocycles. The summed E-state index contributed by atoms with van der Waals surface area (Å²) in [5.41, 5.74) is 0. The molecule has 0 aliphatic rings. The van der Waals surface area contributed by atoms with Gasteiger partial charge in [-0.15, -0.1) is 0 Å². The van der Waals surface area contributed by atoms with Crippen LogP contribution < -0.4 is 24.3 Å². The van der Waals surface area contributed by atoms with E-state index in [0.717, 1.165) is 8.52 Å². The van der Waals surface area contributed by atoms with Gasteiger partial charge in [0, 0.05) is 26.6 Å². The second-order valence-electron chi connectivity index (χ2n) is 1.34. The normalized spacial score (nSPS) is 14.9. The highest BCUT2D eigenvalue weighted by atomic mass is 31.2. The van der Waals surface area contributed by atoms with Crippen molar-refractivity contribution >= 4 is 62.8 Å². The maximum absolute atomic E-state index is 4.19. The minimum Gasteiger partial charge on any atom is -0.269 e. The number of hydrogen-bond donors (Lipinski definition) is 5. The Morgan fingerprint density at radius 1 is 1.00 bits per heavy atom. The molecule has 6 nitrogen and oxygen atoms in total. The highest BCUT2D eigenvalue weighted by Crippen LogP contribution is 2.20. The number of nitrogens with zero attached hydrogens (tertiary/aromatic N) is 1. The second kappa shape index (κ2) is 14.5. The third-order valence-electron chi connectivity index (χ3n) is 0.594. The molecule has 0 aromatic rings. The molecule has 0 aliphatic carbocycles. The quantitative estimate of drug-likeness (QED) is 0.330. The number of hydrogen-bond acceptors (Lipinski definition) is 5. The van der Waals surface area contributed by atoms with Gasteiger partial charge >= 0.3 is 0 Å². The summed E-state index contributed by atoms with van der Waals surface area (Å²) in [5.74, 6) is 0. The molecular formula is H13N6P7. The molecule has 0 amide bonds. The first-order valence-corrected chi connectivity index (χ1v) is 8.92. The zero-order valence-electron chi connectivity index (χ0n) is 6.55. The van der Waals surface area contributed by atoms with Gasteiger partial charge in [0.25, 0.3) is 0 Å². The molecule has 0 aliphatic heterocycles. The molecule has 5 N–H and O–H groups in total. The van der Waals surface area contributed by atoms with Gasteiger partial charge in [-0.1, -0.05) is 18.8 Å². The van der Waals surface area contributed by atoms with Crippen molar-refractivity contribution < 1.29 is 0 Å². The molecule has 0 fully saturated rings. The lowest BCUT2D eigenvalue weighted by Crippen LogP contribution is -1.94. The first-order chi connectivity index (χ1) is 6.41. The van der Waals surface area contributed by atoms with Crippen LogP contribution in [0.3, 0.4) is 0 Å². The Morgan fingerprint density at radius 2 is 1.69 bits per heavy atom. The molecule has 0 spiro atoms. The van der Waals surface area contributed by atoms with Crippen LogP contribution in [0, 0.1) is 0 Å². The van der Waals surface area contributed by atoms with Crippen molar-refractivity contribution in [2.75, 3.05) is 0 Å². The topological polar surface area (TPSA) is 72.5 Å². The van der Waals surface area contributed by atoms with E-state index in [2.05, 4.69) is 47.6 Å². The summed E-state index contributed by atoms with van der Waals surface area (Å²) in [6, 6.07) is 0. The lowest BCUT2D eigenvalue weighted by molar-refractivity contribution is 1.53. The minimum atomic E-state index is 0.447. The molecule has 0 saturated heterocycles. The smallest absolute Gasteiger partial charge is 0.100 e. The average molecular weight is 314 g/mol. The minimum absolute atomic E-state index is 0.447. The Labute approximate surface area is 91.9 Å². The van der Waals surface area contributed by atoms with E-state index in [1.54, 1.807) is 0 Å². The fraction of sp³-hybridized carbons (Fsp3) is 0. The summed E-state index contributed by atoms with van der Waals surface area (Å²) in [6.07, 6.45) is 0. The Kier molecular flexibility index (Phi) is 17.2. The molecular weight excluding hydrogens is 301 g/mol. The largest absolute Gasteiger partial charge is 0.269 e. The Balaban J connectivity index is 2.95. The second-order valence-corrected chi connectivity index (χ2v) is 8.51. The first-order valence-electron chi connectivity index (χ1n) is 2.97. The van der Waals surface area contributed by atoms with Crippen LogP contribution in [0.15, 0.2) is 4.52 Å². The molecule has 0 saturated carbocycles. The van der Waals surface area contributed by atoms with Gasteiger partial charge < -0.3 is 0 Å². The van der Waals surface area contributed by atoms with Crippen LogP contribution in [0.5, 0.6) is 0 Å². The predicted octanol–water partition coefficient (Wildman–Crippen LogP) is 1.59. The van der Waals surface area contributed by atoms with Crippen LogP contribution in [0.25, 0.3) is 0 Å². The van der Waals surface area contributed by atoms with Gasteiger partial charge in [0.2, 0.25) is 0 Å². The van der Waals surface area contributed by atoms with Gasteiger partial charge in [-0.25, -0.2) is 14.2 Å². The third-order valence-corrected chi connectivity index (χ3v) is 5.34. The van der Waals surface area contributed by atoms with Gasteiger partial charge in [0.1, 0.15) is 8.52 Å².